The lowest BCUT2D eigenvalue weighted by molar-refractivity contribution is -0.181. The van der Waals surface area contributed by atoms with Crippen molar-refractivity contribution in [2.24, 2.45) is 5.92 Å². The maximum Gasteiger partial charge on any atom is 0.253 e. The molecular formula is C30H39Cl2NO3Si. The van der Waals surface area contributed by atoms with Crippen LogP contribution in [-0.2, 0) is 14.0 Å². The number of carbonyl (C=O) groups excluding carboxylic acids is 1. The first-order valence-corrected chi connectivity index (χ1v) is 16.8. The average molecular weight is 561 g/mol. The number of halogens is 2. The van der Waals surface area contributed by atoms with Crippen molar-refractivity contribution in [1.29, 1.82) is 0 Å². The molecule has 2 aliphatic rings. The molecule has 2 aromatic rings. The molecule has 1 aliphatic carbocycles. The van der Waals surface area contributed by atoms with Crippen molar-refractivity contribution in [3.05, 3.63) is 82.4 Å². The van der Waals surface area contributed by atoms with Crippen molar-refractivity contribution >= 4 is 37.4 Å². The molecule has 1 aliphatic heterocycles. The van der Waals surface area contributed by atoms with E-state index in [0.29, 0.717) is 29.0 Å². The first-order valence-electron chi connectivity index (χ1n) is 13.2. The van der Waals surface area contributed by atoms with Gasteiger partial charge in [0.05, 0.1) is 18.7 Å². The molecule has 0 radical (unpaired) electrons. The third kappa shape index (κ3) is 6.34. The van der Waals surface area contributed by atoms with E-state index in [2.05, 4.69) is 45.3 Å². The summed E-state index contributed by atoms with van der Waals surface area (Å²) in [5.74, 6) is 0.403. The first kappa shape index (κ1) is 28.4. The topological polar surface area (TPSA) is 38.8 Å². The minimum atomic E-state index is -2.02. The molecule has 4 nitrogen and oxygen atoms in total. The predicted octanol–water partition coefficient (Wildman–Crippen LogP) is 8.38. The molecule has 0 unspecified atom stereocenters. The molecule has 200 valence electrons. The smallest absolute Gasteiger partial charge is 0.253 e. The van der Waals surface area contributed by atoms with Crippen molar-refractivity contribution in [3.63, 3.8) is 0 Å². The van der Waals surface area contributed by atoms with Gasteiger partial charge in [-0.05, 0) is 72.3 Å². The molecule has 0 bridgehead atoms. The van der Waals surface area contributed by atoms with Gasteiger partial charge >= 0.3 is 0 Å². The van der Waals surface area contributed by atoms with Crippen LogP contribution in [0.15, 0.2) is 61.2 Å². The molecule has 7 heteroatoms. The van der Waals surface area contributed by atoms with E-state index < -0.39 is 20.5 Å². The van der Waals surface area contributed by atoms with Gasteiger partial charge in [0.1, 0.15) is 12.2 Å². The summed E-state index contributed by atoms with van der Waals surface area (Å²) in [4.78, 5) is 16.2. The summed E-state index contributed by atoms with van der Waals surface area (Å²) in [5, 5.41) is 1.38. The number of ether oxygens (including phenoxy) is 1. The molecule has 0 aromatic heterocycles. The summed E-state index contributed by atoms with van der Waals surface area (Å²) in [7, 11) is -2.02. The SMILES string of the molecule is C=CC[C@H]1O[C@H](c2cccc(Cl)c2)[C@@H](c2ccc(Cl)cc2)N([C@H](CO[Si](C)(C)C(C)(C)C)C2CC2)C1=O. The number of benzene rings is 2. The summed E-state index contributed by atoms with van der Waals surface area (Å²) >= 11 is 12.7. The molecule has 2 fully saturated rings. The van der Waals surface area contributed by atoms with Gasteiger partial charge in [0.2, 0.25) is 0 Å². The molecule has 1 amide bonds. The highest BCUT2D eigenvalue weighted by atomic mass is 35.5. The van der Waals surface area contributed by atoms with E-state index in [4.69, 9.17) is 32.4 Å². The van der Waals surface area contributed by atoms with E-state index in [0.717, 1.165) is 24.0 Å². The molecule has 4 atom stereocenters. The second-order valence-corrected chi connectivity index (χ2v) is 17.5. The number of nitrogens with zero attached hydrogens (tertiary/aromatic N) is 1. The standard InChI is InChI=1S/C30H39Cl2NO3Si/c1-7-9-26-29(34)33(25(20-12-13-20)19-35-37(5,6)30(2,3)4)27(21-14-16-23(31)17-15-21)28(36-26)22-10-8-11-24(32)18-22/h7-8,10-11,14-18,20,25-28H,1,9,12-13,19H2,2-6H3/t25-,26-,27-,28-/m1/s1. The highest BCUT2D eigenvalue weighted by molar-refractivity contribution is 6.74. The fourth-order valence-corrected chi connectivity index (χ4v) is 6.16. The van der Waals surface area contributed by atoms with E-state index in [1.165, 1.54) is 0 Å². The Hall–Kier alpha value is -1.63. The van der Waals surface area contributed by atoms with Gasteiger partial charge in [-0.25, -0.2) is 0 Å². The quantitative estimate of drug-likeness (QED) is 0.228. The number of carbonyl (C=O) groups is 1. The second kappa shape index (κ2) is 11.2. The zero-order chi connectivity index (χ0) is 27.0. The molecule has 1 heterocycles. The second-order valence-electron chi connectivity index (χ2n) is 11.8. The minimum Gasteiger partial charge on any atom is -0.415 e. The zero-order valence-corrected chi connectivity index (χ0v) is 25.1. The molecule has 2 aromatic carbocycles. The monoisotopic (exact) mass is 559 g/mol. The number of rotatable bonds is 9. The molecule has 1 saturated heterocycles. The summed E-state index contributed by atoms with van der Waals surface area (Å²) in [5.41, 5.74) is 1.93. The van der Waals surface area contributed by atoms with Crippen LogP contribution in [0.4, 0.5) is 0 Å². The van der Waals surface area contributed by atoms with Gasteiger partial charge in [-0.3, -0.25) is 4.79 Å². The highest BCUT2D eigenvalue weighted by Crippen LogP contribution is 2.48. The molecular weight excluding hydrogens is 521 g/mol. The lowest BCUT2D eigenvalue weighted by atomic mass is 9.89. The van der Waals surface area contributed by atoms with Crippen LogP contribution in [0.5, 0.6) is 0 Å². The summed E-state index contributed by atoms with van der Waals surface area (Å²) in [6, 6.07) is 15.1. The van der Waals surface area contributed by atoms with E-state index in [9.17, 15) is 4.79 Å². The zero-order valence-electron chi connectivity index (χ0n) is 22.5. The number of amides is 1. The van der Waals surface area contributed by atoms with Crippen molar-refractivity contribution in [1.82, 2.24) is 4.90 Å². The van der Waals surface area contributed by atoms with Crippen LogP contribution < -0.4 is 0 Å². The van der Waals surface area contributed by atoms with Crippen molar-refractivity contribution in [3.8, 4) is 0 Å². The Morgan fingerprint density at radius 1 is 1.11 bits per heavy atom. The molecule has 0 spiro atoms. The fraction of sp³-hybridized carbons (Fsp3) is 0.500. The van der Waals surface area contributed by atoms with E-state index in [1.807, 2.05) is 48.5 Å². The average Bonchev–Trinajstić information content (AvgIpc) is 3.66. The fourth-order valence-electron chi connectivity index (χ4n) is 4.81. The Morgan fingerprint density at radius 2 is 1.78 bits per heavy atom. The molecule has 4 rings (SSSR count). The van der Waals surface area contributed by atoms with Gasteiger partial charge in [-0.2, -0.15) is 0 Å². The third-order valence-electron chi connectivity index (χ3n) is 8.14. The van der Waals surface area contributed by atoms with Gasteiger partial charge in [0, 0.05) is 16.5 Å². The summed E-state index contributed by atoms with van der Waals surface area (Å²) in [6.45, 7) is 15.7. The van der Waals surface area contributed by atoms with Crippen LogP contribution in [0.25, 0.3) is 0 Å². The molecule has 0 N–H and O–H groups in total. The van der Waals surface area contributed by atoms with Crippen LogP contribution in [0.3, 0.4) is 0 Å². The maximum atomic E-state index is 14.2. The molecule has 1 saturated carbocycles. The normalized spacial score (nSPS) is 23.7. The number of morpholine rings is 1. The largest absolute Gasteiger partial charge is 0.415 e. The Balaban J connectivity index is 1.81. The van der Waals surface area contributed by atoms with Crippen molar-refractivity contribution in [2.45, 2.75) is 82.5 Å². The summed E-state index contributed by atoms with van der Waals surface area (Å²) in [6.07, 6.45) is 3.39. The van der Waals surface area contributed by atoms with Crippen molar-refractivity contribution in [2.75, 3.05) is 6.61 Å². The van der Waals surface area contributed by atoms with Gasteiger partial charge in [0.25, 0.3) is 5.91 Å². The van der Waals surface area contributed by atoms with Gasteiger partial charge < -0.3 is 14.1 Å². The van der Waals surface area contributed by atoms with E-state index >= 15 is 0 Å². The number of hydrogen-bond acceptors (Lipinski definition) is 3. The maximum absolute atomic E-state index is 14.2. The summed E-state index contributed by atoms with van der Waals surface area (Å²) < 4.78 is 13.3. The van der Waals surface area contributed by atoms with Crippen LogP contribution in [0, 0.1) is 5.92 Å². The van der Waals surface area contributed by atoms with E-state index in [1.54, 1.807) is 6.08 Å². The Labute approximate surface area is 233 Å². The van der Waals surface area contributed by atoms with Crippen LogP contribution in [-0.4, -0.2) is 37.9 Å². The highest BCUT2D eigenvalue weighted by Gasteiger charge is 2.50. The van der Waals surface area contributed by atoms with Crippen LogP contribution in [0.1, 0.15) is 63.3 Å². The van der Waals surface area contributed by atoms with Crippen LogP contribution >= 0.6 is 23.2 Å². The van der Waals surface area contributed by atoms with Crippen LogP contribution in [0.2, 0.25) is 28.2 Å². The predicted molar refractivity (Wildman–Crippen MR) is 155 cm³/mol. The lowest BCUT2D eigenvalue weighted by Gasteiger charge is -2.49. The van der Waals surface area contributed by atoms with Gasteiger partial charge in [0.15, 0.2) is 8.32 Å². The number of hydrogen-bond donors (Lipinski definition) is 0. The minimum absolute atomic E-state index is 0.00569. The Bertz CT molecular complexity index is 1110. The van der Waals surface area contributed by atoms with E-state index in [-0.39, 0.29) is 23.0 Å². The molecule has 37 heavy (non-hydrogen) atoms. The van der Waals surface area contributed by atoms with Gasteiger partial charge in [-0.1, -0.05) is 74.3 Å². The first-order chi connectivity index (χ1) is 17.4. The Kier molecular flexibility index (Phi) is 8.61. The lowest BCUT2D eigenvalue weighted by Crippen LogP contribution is -2.57. The van der Waals surface area contributed by atoms with Gasteiger partial charge in [-0.15, -0.1) is 6.58 Å². The Morgan fingerprint density at radius 3 is 2.35 bits per heavy atom. The van der Waals surface area contributed by atoms with Crippen molar-refractivity contribution < 1.29 is 14.0 Å². The third-order valence-corrected chi connectivity index (χ3v) is 13.1.